The van der Waals surface area contributed by atoms with Gasteiger partial charge in [0.2, 0.25) is 11.8 Å². The highest BCUT2D eigenvalue weighted by atomic mass is 16.6. The van der Waals surface area contributed by atoms with Crippen LogP contribution in [-0.4, -0.2) is 93.4 Å². The molecular weight excluding hydrogens is 468 g/mol. The summed E-state index contributed by atoms with van der Waals surface area (Å²) >= 11 is 0. The lowest BCUT2D eigenvalue weighted by Gasteiger charge is -2.50. The first-order valence-corrected chi connectivity index (χ1v) is 12.5. The van der Waals surface area contributed by atoms with Gasteiger partial charge in [-0.25, -0.2) is 15.1 Å². The van der Waals surface area contributed by atoms with E-state index in [9.17, 15) is 29.5 Å². The van der Waals surface area contributed by atoms with Crippen molar-refractivity contribution in [3.63, 3.8) is 0 Å². The molecule has 0 radical (unpaired) electrons. The van der Waals surface area contributed by atoms with Gasteiger partial charge in [-0.2, -0.15) is 0 Å². The first-order chi connectivity index (χ1) is 17.3. The number of carbonyl (C=O) groups is 4. The monoisotopic (exact) mass is 502 g/mol. The van der Waals surface area contributed by atoms with Crippen LogP contribution >= 0.6 is 0 Å². The zero-order valence-corrected chi connectivity index (χ0v) is 20.5. The topological polar surface area (TPSA) is 140 Å². The quantitative estimate of drug-likeness (QED) is 0.424. The molecule has 4 amide bonds. The average Bonchev–Trinajstić information content (AvgIpc) is 3.44. The van der Waals surface area contributed by atoms with Crippen LogP contribution in [0.3, 0.4) is 0 Å². The highest BCUT2D eigenvalue weighted by Gasteiger charge is 2.58. The Hall–Kier alpha value is -3.34. The number of likely N-dealkylation sites (tertiary alicyclic amines) is 3. The Morgan fingerprint density at radius 1 is 1.00 bits per heavy atom. The van der Waals surface area contributed by atoms with Crippen molar-refractivity contribution in [3.8, 4) is 0 Å². The number of amides is 4. The summed E-state index contributed by atoms with van der Waals surface area (Å²) in [5.74, 6) is -2.34. The van der Waals surface area contributed by atoms with E-state index in [1.165, 1.54) is 12.5 Å². The van der Waals surface area contributed by atoms with Crippen molar-refractivity contribution in [1.82, 2.24) is 20.2 Å². The van der Waals surface area contributed by atoms with E-state index in [0.29, 0.717) is 39.0 Å². The molecule has 11 nitrogen and oxygen atoms in total. The van der Waals surface area contributed by atoms with Gasteiger partial charge in [0.05, 0.1) is 12.5 Å². The molecule has 1 aromatic carbocycles. The van der Waals surface area contributed by atoms with Gasteiger partial charge >= 0.3 is 12.2 Å². The molecule has 3 N–H and O–H groups in total. The summed E-state index contributed by atoms with van der Waals surface area (Å²) in [7, 11) is 0. The highest BCUT2D eigenvalue weighted by Crippen LogP contribution is 2.39. The van der Waals surface area contributed by atoms with Gasteiger partial charge in [0.1, 0.15) is 11.6 Å². The predicted molar refractivity (Wildman–Crippen MR) is 127 cm³/mol. The smallest absolute Gasteiger partial charge is 0.410 e. The summed E-state index contributed by atoms with van der Waals surface area (Å²) in [4.78, 5) is 55.5. The normalized spacial score (nSPS) is 27.0. The zero-order valence-electron chi connectivity index (χ0n) is 20.5. The van der Waals surface area contributed by atoms with Crippen molar-refractivity contribution in [3.05, 3.63) is 35.9 Å². The summed E-state index contributed by atoms with van der Waals surface area (Å²) in [6.45, 7) is 3.14. The standard InChI is InChI=1S/C25H34N4O7/c1-25(22(31)27-13-9-18(10-14-27)17-7-3-2-4-8-17)20(21(30)26-35)15-19(16-29(25)23(32)33)36-24(34)28-11-5-6-12-28/h2-4,7-8,18-20,35H,5-6,9-16H2,1H3,(H,26,30)(H,32,33)/t19?,20-,25+/m1/s1. The molecule has 3 saturated heterocycles. The second-order valence-electron chi connectivity index (χ2n) is 9.98. The van der Waals surface area contributed by atoms with Crippen LogP contribution in [0.2, 0.25) is 0 Å². The fourth-order valence-electron chi connectivity index (χ4n) is 5.79. The van der Waals surface area contributed by atoms with Gasteiger partial charge in [-0.05, 0) is 44.1 Å². The van der Waals surface area contributed by atoms with Gasteiger partial charge < -0.3 is 19.6 Å². The molecule has 3 atom stereocenters. The Kier molecular flexibility index (Phi) is 7.67. The molecule has 196 valence electrons. The Morgan fingerprint density at radius 2 is 1.64 bits per heavy atom. The van der Waals surface area contributed by atoms with Crippen molar-refractivity contribution in [1.29, 1.82) is 0 Å². The number of rotatable bonds is 4. The first kappa shape index (κ1) is 25.7. The van der Waals surface area contributed by atoms with Crippen LogP contribution in [0.25, 0.3) is 0 Å². The molecule has 0 spiro atoms. The predicted octanol–water partition coefficient (Wildman–Crippen LogP) is 2.26. The number of piperidine rings is 2. The highest BCUT2D eigenvalue weighted by molar-refractivity contribution is 5.96. The lowest BCUT2D eigenvalue weighted by molar-refractivity contribution is -0.162. The molecule has 3 heterocycles. The zero-order chi connectivity index (χ0) is 25.9. The summed E-state index contributed by atoms with van der Waals surface area (Å²) in [6, 6.07) is 10.0. The number of carboxylic acid groups (broad SMARTS) is 1. The first-order valence-electron chi connectivity index (χ1n) is 12.5. The van der Waals surface area contributed by atoms with E-state index in [4.69, 9.17) is 4.74 Å². The molecule has 3 aliphatic rings. The molecule has 0 saturated carbocycles. The molecule has 3 aliphatic heterocycles. The summed E-state index contributed by atoms with van der Waals surface area (Å²) in [6.07, 6.45) is 0.178. The van der Waals surface area contributed by atoms with Crippen molar-refractivity contribution < 1.29 is 34.2 Å². The second kappa shape index (κ2) is 10.7. The molecule has 1 unspecified atom stereocenters. The number of hydroxylamine groups is 1. The molecule has 0 bridgehead atoms. The summed E-state index contributed by atoms with van der Waals surface area (Å²) < 4.78 is 5.56. The fourth-order valence-corrected chi connectivity index (χ4v) is 5.79. The van der Waals surface area contributed by atoms with E-state index in [-0.39, 0.29) is 18.9 Å². The Labute approximate surface area is 209 Å². The van der Waals surface area contributed by atoms with E-state index in [2.05, 4.69) is 12.1 Å². The summed E-state index contributed by atoms with van der Waals surface area (Å²) in [5.41, 5.74) is 1.01. The lowest BCUT2D eigenvalue weighted by Crippen LogP contribution is -2.70. The Bertz CT molecular complexity index is 976. The van der Waals surface area contributed by atoms with Gasteiger partial charge in [0.15, 0.2) is 0 Å². The maximum Gasteiger partial charge on any atom is 0.410 e. The van der Waals surface area contributed by atoms with Crippen LogP contribution in [0.4, 0.5) is 9.59 Å². The maximum absolute atomic E-state index is 13.8. The second-order valence-corrected chi connectivity index (χ2v) is 9.98. The third kappa shape index (κ3) is 4.97. The average molecular weight is 503 g/mol. The minimum atomic E-state index is -1.77. The van der Waals surface area contributed by atoms with E-state index in [1.807, 2.05) is 18.2 Å². The van der Waals surface area contributed by atoms with E-state index in [1.54, 1.807) is 15.3 Å². The number of hydrogen-bond donors (Lipinski definition) is 3. The maximum atomic E-state index is 13.8. The van der Waals surface area contributed by atoms with Crippen LogP contribution in [0.15, 0.2) is 30.3 Å². The number of ether oxygens (including phenoxy) is 1. The molecule has 4 rings (SSSR count). The van der Waals surface area contributed by atoms with Crippen molar-refractivity contribution in [2.24, 2.45) is 5.92 Å². The van der Waals surface area contributed by atoms with E-state index in [0.717, 1.165) is 17.7 Å². The number of nitrogens with one attached hydrogen (secondary N) is 1. The van der Waals surface area contributed by atoms with Crippen LogP contribution in [0.1, 0.15) is 50.5 Å². The SMILES string of the molecule is C[C@@]1(C(=O)N2CCC(c3ccccc3)CC2)[C@@H](C(=O)NO)CC(OC(=O)N2CCCC2)CN1C(=O)O. The minimum Gasteiger partial charge on any atom is -0.465 e. The number of carbonyl (C=O) groups excluding carboxylic acids is 3. The van der Waals surface area contributed by atoms with Gasteiger partial charge in [-0.1, -0.05) is 30.3 Å². The van der Waals surface area contributed by atoms with Crippen molar-refractivity contribution >= 4 is 24.0 Å². The lowest BCUT2D eigenvalue weighted by atomic mass is 9.74. The van der Waals surface area contributed by atoms with Crippen LogP contribution in [0, 0.1) is 5.92 Å². The molecule has 0 aliphatic carbocycles. The minimum absolute atomic E-state index is 0.0848. The molecule has 1 aromatic rings. The Balaban J connectivity index is 1.53. The van der Waals surface area contributed by atoms with Crippen LogP contribution in [-0.2, 0) is 14.3 Å². The van der Waals surface area contributed by atoms with E-state index < -0.39 is 41.6 Å². The van der Waals surface area contributed by atoms with Gasteiger partial charge in [0, 0.05) is 32.6 Å². The molecule has 11 heteroatoms. The molecular formula is C25H34N4O7. The van der Waals surface area contributed by atoms with Crippen molar-refractivity contribution in [2.45, 2.75) is 56.6 Å². The third-order valence-corrected chi connectivity index (χ3v) is 7.90. The van der Waals surface area contributed by atoms with Gasteiger partial charge in [0.25, 0.3) is 0 Å². The summed E-state index contributed by atoms with van der Waals surface area (Å²) in [5, 5.41) is 19.5. The van der Waals surface area contributed by atoms with Gasteiger partial charge in [-0.15, -0.1) is 0 Å². The fraction of sp³-hybridized carbons (Fsp3) is 0.600. The van der Waals surface area contributed by atoms with E-state index >= 15 is 0 Å². The number of nitrogens with zero attached hydrogens (tertiary/aromatic N) is 3. The largest absolute Gasteiger partial charge is 0.465 e. The molecule has 36 heavy (non-hydrogen) atoms. The Morgan fingerprint density at radius 3 is 2.22 bits per heavy atom. The van der Waals surface area contributed by atoms with Crippen LogP contribution < -0.4 is 5.48 Å². The number of hydrogen-bond acceptors (Lipinski definition) is 6. The van der Waals surface area contributed by atoms with Gasteiger partial charge in [-0.3, -0.25) is 19.7 Å². The number of benzene rings is 1. The molecule has 0 aromatic heterocycles. The molecule has 3 fully saturated rings. The van der Waals surface area contributed by atoms with Crippen LogP contribution in [0.5, 0.6) is 0 Å². The third-order valence-electron chi connectivity index (χ3n) is 7.90. The van der Waals surface area contributed by atoms with Crippen molar-refractivity contribution in [2.75, 3.05) is 32.7 Å².